The van der Waals surface area contributed by atoms with Crippen molar-refractivity contribution in [1.29, 1.82) is 0 Å². The molecule has 156 valence electrons. The predicted molar refractivity (Wildman–Crippen MR) is 125 cm³/mol. The minimum Gasteiger partial charge on any atom is -0.377 e. The molecule has 8 nitrogen and oxygen atoms in total. The Labute approximate surface area is 187 Å². The quantitative estimate of drug-likeness (QED) is 0.270. The lowest BCUT2D eigenvalue weighted by Crippen LogP contribution is -2.47. The number of aromatic nitrogens is 4. The van der Waals surface area contributed by atoms with Gasteiger partial charge >= 0.3 is 0 Å². The van der Waals surface area contributed by atoms with Gasteiger partial charge in [0.05, 0.1) is 13.1 Å². The van der Waals surface area contributed by atoms with E-state index in [2.05, 4.69) is 50.8 Å². The lowest BCUT2D eigenvalue weighted by Gasteiger charge is -2.25. The molecule has 0 radical (unpaired) electrons. The van der Waals surface area contributed by atoms with Crippen molar-refractivity contribution < 1.29 is 4.74 Å². The molecule has 2 aromatic heterocycles. The third-order valence-corrected chi connectivity index (χ3v) is 4.85. The summed E-state index contributed by atoms with van der Waals surface area (Å²) in [6, 6.07) is 10.7. The van der Waals surface area contributed by atoms with E-state index >= 15 is 0 Å². The number of fused-ring (bicyclic) bond motifs is 2. The summed E-state index contributed by atoms with van der Waals surface area (Å²) in [6.45, 7) is 4.73. The summed E-state index contributed by atoms with van der Waals surface area (Å²) in [5.74, 6) is 2.61. The molecule has 0 fully saturated rings. The van der Waals surface area contributed by atoms with Crippen molar-refractivity contribution in [2.75, 3.05) is 13.7 Å². The van der Waals surface area contributed by atoms with Crippen LogP contribution in [0, 0.1) is 0 Å². The SMILES string of the molecule is CCNC(=NCc1cc2ccccc2[nH]1)NC1CCc2nc(COC)nn2C1.I. The van der Waals surface area contributed by atoms with Crippen molar-refractivity contribution in [3.8, 4) is 0 Å². The molecule has 0 bridgehead atoms. The molecular weight excluding hydrogens is 481 g/mol. The number of guanidine groups is 1. The van der Waals surface area contributed by atoms with Crippen LogP contribution in [0.4, 0.5) is 0 Å². The van der Waals surface area contributed by atoms with Crippen LogP contribution in [0.2, 0.25) is 0 Å². The van der Waals surface area contributed by atoms with Crippen LogP contribution in [0.5, 0.6) is 0 Å². The summed E-state index contributed by atoms with van der Waals surface area (Å²) in [4.78, 5) is 12.7. The number of nitrogens with zero attached hydrogens (tertiary/aromatic N) is 4. The van der Waals surface area contributed by atoms with Gasteiger partial charge in [0.15, 0.2) is 11.8 Å². The molecule has 1 aromatic carbocycles. The Kier molecular flexibility index (Phi) is 7.48. The summed E-state index contributed by atoms with van der Waals surface area (Å²) in [7, 11) is 1.66. The number of aliphatic imine (C=N–C) groups is 1. The highest BCUT2D eigenvalue weighted by molar-refractivity contribution is 14.0. The highest BCUT2D eigenvalue weighted by Crippen LogP contribution is 2.16. The normalized spacial score (nSPS) is 16.3. The van der Waals surface area contributed by atoms with Gasteiger partial charge in [0.2, 0.25) is 0 Å². The standard InChI is InChI=1S/C20H27N7O.HI/c1-3-21-20(22-11-16-10-14-6-4-5-7-17(14)23-16)24-15-8-9-19-25-18(13-28-2)26-27(19)12-15;/h4-7,10,15,23H,3,8-9,11-13H2,1-2H3,(H2,21,22,24);1H. The predicted octanol–water partition coefficient (Wildman–Crippen LogP) is 2.59. The van der Waals surface area contributed by atoms with Gasteiger partial charge in [-0.05, 0) is 30.9 Å². The Morgan fingerprint density at radius 3 is 3.03 bits per heavy atom. The highest BCUT2D eigenvalue weighted by atomic mass is 127. The maximum Gasteiger partial charge on any atom is 0.191 e. The van der Waals surface area contributed by atoms with E-state index in [0.29, 0.717) is 13.2 Å². The van der Waals surface area contributed by atoms with Crippen LogP contribution in [0.1, 0.15) is 30.7 Å². The first-order valence-electron chi connectivity index (χ1n) is 9.78. The van der Waals surface area contributed by atoms with Gasteiger partial charge in [0.25, 0.3) is 0 Å². The zero-order valence-corrected chi connectivity index (χ0v) is 19.1. The number of aryl methyl sites for hydroxylation is 1. The van der Waals surface area contributed by atoms with E-state index in [4.69, 9.17) is 9.73 Å². The lowest BCUT2D eigenvalue weighted by molar-refractivity contribution is 0.177. The fourth-order valence-electron chi connectivity index (χ4n) is 3.56. The maximum absolute atomic E-state index is 5.14. The molecule has 0 aliphatic carbocycles. The molecule has 1 aliphatic rings. The van der Waals surface area contributed by atoms with E-state index < -0.39 is 0 Å². The van der Waals surface area contributed by atoms with Crippen LogP contribution < -0.4 is 10.6 Å². The maximum atomic E-state index is 5.14. The van der Waals surface area contributed by atoms with Gasteiger partial charge in [0.1, 0.15) is 12.4 Å². The number of halogens is 1. The number of H-pyrrole nitrogens is 1. The molecular formula is C20H28IN7O. The monoisotopic (exact) mass is 509 g/mol. The minimum absolute atomic E-state index is 0. The van der Waals surface area contributed by atoms with E-state index in [1.807, 2.05) is 16.8 Å². The second kappa shape index (κ2) is 10.1. The van der Waals surface area contributed by atoms with Gasteiger partial charge in [-0.2, -0.15) is 5.10 Å². The topological polar surface area (TPSA) is 92.2 Å². The molecule has 0 saturated heterocycles. The number of methoxy groups -OCH3 is 1. The van der Waals surface area contributed by atoms with Crippen molar-refractivity contribution in [2.24, 2.45) is 4.99 Å². The average molecular weight is 509 g/mol. The van der Waals surface area contributed by atoms with Crippen LogP contribution in [0.3, 0.4) is 0 Å². The number of hydrogen-bond acceptors (Lipinski definition) is 4. The molecule has 3 aromatic rings. The summed E-state index contributed by atoms with van der Waals surface area (Å²) in [6.07, 6.45) is 1.90. The van der Waals surface area contributed by atoms with Crippen LogP contribution in [-0.4, -0.2) is 45.4 Å². The van der Waals surface area contributed by atoms with E-state index in [1.54, 1.807) is 7.11 Å². The molecule has 0 saturated carbocycles. The van der Waals surface area contributed by atoms with E-state index in [-0.39, 0.29) is 30.0 Å². The van der Waals surface area contributed by atoms with Gasteiger partial charge in [0, 0.05) is 37.3 Å². The third-order valence-electron chi connectivity index (χ3n) is 4.85. The zero-order valence-electron chi connectivity index (χ0n) is 16.8. The van der Waals surface area contributed by atoms with Crippen molar-refractivity contribution in [3.63, 3.8) is 0 Å². The Balaban J connectivity index is 0.00000240. The molecule has 1 aliphatic heterocycles. The number of ether oxygens (including phenoxy) is 1. The molecule has 4 rings (SSSR count). The minimum atomic E-state index is 0. The Hall–Kier alpha value is -2.14. The summed E-state index contributed by atoms with van der Waals surface area (Å²) in [5, 5.41) is 12.6. The molecule has 29 heavy (non-hydrogen) atoms. The van der Waals surface area contributed by atoms with Crippen LogP contribution in [-0.2, 0) is 30.9 Å². The van der Waals surface area contributed by atoms with Crippen molar-refractivity contribution in [2.45, 2.75) is 45.5 Å². The van der Waals surface area contributed by atoms with E-state index in [0.717, 1.165) is 54.8 Å². The molecule has 1 atom stereocenters. The molecule has 0 spiro atoms. The Morgan fingerprint density at radius 1 is 1.38 bits per heavy atom. The van der Waals surface area contributed by atoms with E-state index in [1.165, 1.54) is 5.39 Å². The Morgan fingerprint density at radius 2 is 2.24 bits per heavy atom. The first-order valence-corrected chi connectivity index (χ1v) is 9.78. The Bertz CT molecular complexity index is 932. The van der Waals surface area contributed by atoms with Gasteiger partial charge in [-0.15, -0.1) is 24.0 Å². The highest BCUT2D eigenvalue weighted by Gasteiger charge is 2.22. The fourth-order valence-corrected chi connectivity index (χ4v) is 3.56. The van der Waals surface area contributed by atoms with Gasteiger partial charge in [-0.1, -0.05) is 18.2 Å². The van der Waals surface area contributed by atoms with Gasteiger partial charge < -0.3 is 20.4 Å². The lowest BCUT2D eigenvalue weighted by atomic mass is 10.1. The average Bonchev–Trinajstić information content (AvgIpc) is 3.29. The molecule has 1 unspecified atom stereocenters. The van der Waals surface area contributed by atoms with Gasteiger partial charge in [-0.3, -0.25) is 0 Å². The second-order valence-corrected chi connectivity index (χ2v) is 7.02. The number of rotatable bonds is 6. The summed E-state index contributed by atoms with van der Waals surface area (Å²) in [5.41, 5.74) is 2.24. The number of para-hydroxylation sites is 1. The number of benzene rings is 1. The van der Waals surface area contributed by atoms with Crippen molar-refractivity contribution >= 4 is 40.8 Å². The fraction of sp³-hybridized carbons (Fsp3) is 0.450. The van der Waals surface area contributed by atoms with E-state index in [9.17, 15) is 0 Å². The largest absolute Gasteiger partial charge is 0.377 e. The first-order chi connectivity index (χ1) is 13.7. The first kappa shape index (κ1) is 21.6. The van der Waals surface area contributed by atoms with Crippen LogP contribution in [0.25, 0.3) is 10.9 Å². The van der Waals surface area contributed by atoms with Crippen LogP contribution in [0.15, 0.2) is 35.3 Å². The number of hydrogen-bond donors (Lipinski definition) is 3. The van der Waals surface area contributed by atoms with Gasteiger partial charge in [-0.25, -0.2) is 14.7 Å². The molecule has 9 heteroatoms. The molecule has 3 N–H and O–H groups in total. The van der Waals surface area contributed by atoms with Crippen molar-refractivity contribution in [3.05, 3.63) is 47.7 Å². The number of nitrogens with one attached hydrogen (secondary N) is 3. The molecule has 3 heterocycles. The number of aromatic amines is 1. The second-order valence-electron chi connectivity index (χ2n) is 7.02. The third kappa shape index (κ3) is 5.27. The molecule has 0 amide bonds. The van der Waals surface area contributed by atoms with Crippen LogP contribution >= 0.6 is 24.0 Å². The zero-order chi connectivity index (χ0) is 19.3. The van der Waals surface area contributed by atoms with Crippen molar-refractivity contribution in [1.82, 2.24) is 30.4 Å². The summed E-state index contributed by atoms with van der Waals surface area (Å²) < 4.78 is 7.12. The smallest absolute Gasteiger partial charge is 0.191 e. The summed E-state index contributed by atoms with van der Waals surface area (Å²) >= 11 is 0.